The number of fused-ring (bicyclic) bond motifs is 1. The summed E-state index contributed by atoms with van der Waals surface area (Å²) in [6, 6.07) is 5.86. The summed E-state index contributed by atoms with van der Waals surface area (Å²) in [7, 11) is 0. The van der Waals surface area contributed by atoms with E-state index in [1.807, 2.05) is 0 Å². The van der Waals surface area contributed by atoms with Crippen molar-refractivity contribution in [1.82, 2.24) is 4.98 Å². The minimum Gasteiger partial charge on any atom is -0.398 e. The van der Waals surface area contributed by atoms with E-state index in [9.17, 15) is 14.0 Å². The van der Waals surface area contributed by atoms with E-state index in [1.165, 1.54) is 24.4 Å². The standard InChI is InChI=1S/C13H8FN3O2/c14-8-6-16-5-4-10(8)17-12(18)7-2-1-3-9(15)11(7)13(17)19/h1-6H,15H2. The lowest BCUT2D eigenvalue weighted by atomic mass is 10.1. The van der Waals surface area contributed by atoms with Gasteiger partial charge in [-0.15, -0.1) is 0 Å². The number of benzene rings is 1. The first kappa shape index (κ1) is 11.3. The maximum atomic E-state index is 13.7. The molecule has 0 bridgehead atoms. The maximum Gasteiger partial charge on any atom is 0.268 e. The molecule has 3 rings (SSSR count). The van der Waals surface area contributed by atoms with Crippen molar-refractivity contribution >= 4 is 23.2 Å². The Morgan fingerprint density at radius 3 is 2.63 bits per heavy atom. The van der Waals surface area contributed by atoms with Crippen LogP contribution in [-0.4, -0.2) is 16.8 Å². The molecule has 1 aromatic heterocycles. The summed E-state index contributed by atoms with van der Waals surface area (Å²) >= 11 is 0. The zero-order valence-corrected chi connectivity index (χ0v) is 9.63. The number of aromatic nitrogens is 1. The van der Waals surface area contributed by atoms with Gasteiger partial charge in [0.1, 0.15) is 0 Å². The van der Waals surface area contributed by atoms with Crippen LogP contribution in [0.2, 0.25) is 0 Å². The minimum atomic E-state index is -0.740. The highest BCUT2D eigenvalue weighted by atomic mass is 19.1. The van der Waals surface area contributed by atoms with Gasteiger partial charge in [-0.1, -0.05) is 6.07 Å². The Morgan fingerprint density at radius 2 is 1.95 bits per heavy atom. The molecule has 0 saturated carbocycles. The molecule has 6 heteroatoms. The third kappa shape index (κ3) is 1.50. The van der Waals surface area contributed by atoms with Crippen molar-refractivity contribution in [2.75, 3.05) is 10.6 Å². The van der Waals surface area contributed by atoms with Crippen LogP contribution in [0.5, 0.6) is 0 Å². The molecule has 19 heavy (non-hydrogen) atoms. The Bertz CT molecular complexity index is 715. The predicted octanol–water partition coefficient (Wildman–Crippen LogP) is 1.60. The molecule has 0 fully saturated rings. The highest BCUT2D eigenvalue weighted by molar-refractivity contribution is 6.35. The molecule has 0 aliphatic carbocycles. The van der Waals surface area contributed by atoms with E-state index < -0.39 is 17.6 Å². The van der Waals surface area contributed by atoms with Crippen LogP contribution >= 0.6 is 0 Å². The number of amides is 2. The SMILES string of the molecule is Nc1cccc2c1C(=O)N(c1ccncc1F)C2=O. The van der Waals surface area contributed by atoms with Gasteiger partial charge in [-0.25, -0.2) is 9.29 Å². The molecule has 0 saturated heterocycles. The Kier molecular flexibility index (Phi) is 2.31. The van der Waals surface area contributed by atoms with Gasteiger partial charge in [0.2, 0.25) is 0 Å². The largest absolute Gasteiger partial charge is 0.398 e. The first-order valence-corrected chi connectivity index (χ1v) is 5.48. The van der Waals surface area contributed by atoms with Crippen molar-refractivity contribution < 1.29 is 14.0 Å². The van der Waals surface area contributed by atoms with E-state index in [1.54, 1.807) is 6.07 Å². The van der Waals surface area contributed by atoms with Crippen LogP contribution < -0.4 is 10.6 Å². The fraction of sp³-hybridized carbons (Fsp3) is 0. The molecule has 2 heterocycles. The number of carbonyl (C=O) groups is 2. The fourth-order valence-electron chi connectivity index (χ4n) is 2.08. The molecule has 0 atom stereocenters. The third-order valence-electron chi connectivity index (χ3n) is 2.94. The van der Waals surface area contributed by atoms with Crippen LogP contribution in [0.25, 0.3) is 0 Å². The molecular formula is C13H8FN3O2. The Hall–Kier alpha value is -2.76. The second-order valence-electron chi connectivity index (χ2n) is 4.04. The molecule has 2 amide bonds. The Balaban J connectivity index is 2.19. The van der Waals surface area contributed by atoms with Crippen molar-refractivity contribution in [1.29, 1.82) is 0 Å². The van der Waals surface area contributed by atoms with Crippen LogP contribution in [0, 0.1) is 5.82 Å². The van der Waals surface area contributed by atoms with Crippen molar-refractivity contribution in [2.24, 2.45) is 0 Å². The summed E-state index contributed by atoms with van der Waals surface area (Å²) in [5.41, 5.74) is 6.07. The molecule has 0 radical (unpaired) electrons. The van der Waals surface area contributed by atoms with Crippen molar-refractivity contribution in [2.45, 2.75) is 0 Å². The van der Waals surface area contributed by atoms with Gasteiger partial charge in [-0.05, 0) is 18.2 Å². The number of nitrogens with two attached hydrogens (primary N) is 1. The van der Waals surface area contributed by atoms with Crippen LogP contribution in [-0.2, 0) is 0 Å². The lowest BCUT2D eigenvalue weighted by Gasteiger charge is -2.13. The molecule has 1 aliphatic heterocycles. The molecule has 0 unspecified atom stereocenters. The number of pyridine rings is 1. The van der Waals surface area contributed by atoms with Crippen LogP contribution in [0.1, 0.15) is 20.7 Å². The number of rotatable bonds is 1. The molecule has 0 spiro atoms. The number of nitrogens with zero attached hydrogens (tertiary/aromatic N) is 2. The first-order valence-electron chi connectivity index (χ1n) is 5.48. The smallest absolute Gasteiger partial charge is 0.268 e. The lowest BCUT2D eigenvalue weighted by Crippen LogP contribution is -2.30. The lowest BCUT2D eigenvalue weighted by molar-refractivity contribution is 0.0925. The van der Waals surface area contributed by atoms with Gasteiger partial charge >= 0.3 is 0 Å². The molecule has 2 N–H and O–H groups in total. The number of hydrogen-bond donors (Lipinski definition) is 1. The van der Waals surface area contributed by atoms with Crippen molar-refractivity contribution in [3.63, 3.8) is 0 Å². The molecule has 1 aliphatic rings. The summed E-state index contributed by atoms with van der Waals surface area (Å²) in [6.45, 7) is 0. The number of halogens is 1. The van der Waals surface area contributed by atoms with E-state index in [-0.39, 0.29) is 22.5 Å². The monoisotopic (exact) mass is 257 g/mol. The summed E-state index contributed by atoms with van der Waals surface area (Å²) in [6.07, 6.45) is 2.26. The summed E-state index contributed by atoms with van der Waals surface area (Å²) in [5, 5.41) is 0. The van der Waals surface area contributed by atoms with E-state index in [0.717, 1.165) is 11.1 Å². The molecule has 94 valence electrons. The topological polar surface area (TPSA) is 76.3 Å². The highest BCUT2D eigenvalue weighted by Crippen LogP contribution is 2.32. The van der Waals surface area contributed by atoms with Crippen LogP contribution in [0.15, 0.2) is 36.7 Å². The van der Waals surface area contributed by atoms with E-state index >= 15 is 0 Å². The van der Waals surface area contributed by atoms with Crippen LogP contribution in [0.4, 0.5) is 15.8 Å². The molecule has 1 aromatic carbocycles. The molecular weight excluding hydrogens is 249 g/mol. The average Bonchev–Trinajstić information content (AvgIpc) is 2.64. The minimum absolute atomic E-state index is 0.115. The fourth-order valence-corrected chi connectivity index (χ4v) is 2.08. The van der Waals surface area contributed by atoms with Gasteiger partial charge in [0.15, 0.2) is 5.82 Å². The number of carbonyl (C=O) groups excluding carboxylic acids is 2. The van der Waals surface area contributed by atoms with E-state index in [2.05, 4.69) is 4.98 Å². The number of hydrogen-bond acceptors (Lipinski definition) is 4. The van der Waals surface area contributed by atoms with E-state index in [0.29, 0.717) is 0 Å². The Labute approximate surface area is 107 Å². The van der Waals surface area contributed by atoms with Gasteiger partial charge in [-0.2, -0.15) is 0 Å². The first-order chi connectivity index (χ1) is 9.11. The molecule has 5 nitrogen and oxygen atoms in total. The third-order valence-corrected chi connectivity index (χ3v) is 2.94. The van der Waals surface area contributed by atoms with Gasteiger partial charge in [0.25, 0.3) is 11.8 Å². The quantitative estimate of drug-likeness (QED) is 0.622. The maximum absolute atomic E-state index is 13.7. The van der Waals surface area contributed by atoms with Gasteiger partial charge < -0.3 is 5.73 Å². The zero-order valence-electron chi connectivity index (χ0n) is 9.63. The summed E-state index contributed by atoms with van der Waals surface area (Å²) in [4.78, 5) is 28.8. The zero-order chi connectivity index (χ0) is 13.6. The summed E-state index contributed by atoms with van der Waals surface area (Å²) in [5.74, 6) is -1.95. The van der Waals surface area contributed by atoms with Crippen LogP contribution in [0.3, 0.4) is 0 Å². The van der Waals surface area contributed by atoms with Gasteiger partial charge in [-0.3, -0.25) is 14.6 Å². The number of nitrogen functional groups attached to an aromatic ring is 1. The molecule has 2 aromatic rings. The second kappa shape index (κ2) is 3.88. The second-order valence-corrected chi connectivity index (χ2v) is 4.04. The number of anilines is 2. The van der Waals surface area contributed by atoms with Crippen molar-refractivity contribution in [3.05, 3.63) is 53.6 Å². The van der Waals surface area contributed by atoms with Gasteiger partial charge in [0, 0.05) is 11.9 Å². The normalized spacial score (nSPS) is 13.8. The van der Waals surface area contributed by atoms with E-state index in [4.69, 9.17) is 5.73 Å². The highest BCUT2D eigenvalue weighted by Gasteiger charge is 2.39. The van der Waals surface area contributed by atoms with Crippen molar-refractivity contribution in [3.8, 4) is 0 Å². The average molecular weight is 257 g/mol. The number of imide groups is 1. The predicted molar refractivity (Wildman–Crippen MR) is 66.2 cm³/mol. The van der Waals surface area contributed by atoms with Gasteiger partial charge in [0.05, 0.1) is 23.0 Å². The Morgan fingerprint density at radius 1 is 1.16 bits per heavy atom. The summed E-state index contributed by atoms with van der Waals surface area (Å²) < 4.78 is 13.7.